The third-order valence-corrected chi connectivity index (χ3v) is 3.20. The zero-order valence-electron chi connectivity index (χ0n) is 11.1. The van der Waals surface area contributed by atoms with Crippen LogP contribution in [-0.4, -0.2) is 36.5 Å². The SMILES string of the molecule is CC1(C)CN(c2cccc(CN)c2)CC(CO)O1. The van der Waals surface area contributed by atoms with Crippen LogP contribution in [0, 0.1) is 0 Å². The van der Waals surface area contributed by atoms with E-state index in [1.165, 1.54) is 0 Å². The van der Waals surface area contributed by atoms with Crippen LogP contribution in [0.15, 0.2) is 24.3 Å². The van der Waals surface area contributed by atoms with E-state index >= 15 is 0 Å². The zero-order chi connectivity index (χ0) is 13.2. The zero-order valence-corrected chi connectivity index (χ0v) is 11.1. The smallest absolute Gasteiger partial charge is 0.0988 e. The normalized spacial score (nSPS) is 23.1. The molecule has 3 N–H and O–H groups in total. The first-order chi connectivity index (χ1) is 8.54. The molecule has 100 valence electrons. The molecule has 0 spiro atoms. The van der Waals surface area contributed by atoms with Gasteiger partial charge in [-0.25, -0.2) is 0 Å². The van der Waals surface area contributed by atoms with E-state index in [1.54, 1.807) is 0 Å². The van der Waals surface area contributed by atoms with Gasteiger partial charge in [-0.3, -0.25) is 0 Å². The minimum Gasteiger partial charge on any atom is -0.394 e. The number of hydrogen-bond acceptors (Lipinski definition) is 4. The number of benzene rings is 1. The van der Waals surface area contributed by atoms with E-state index in [9.17, 15) is 5.11 Å². The van der Waals surface area contributed by atoms with Crippen molar-refractivity contribution in [3.05, 3.63) is 29.8 Å². The van der Waals surface area contributed by atoms with E-state index < -0.39 is 0 Å². The first kappa shape index (κ1) is 13.3. The second-order valence-corrected chi connectivity index (χ2v) is 5.44. The van der Waals surface area contributed by atoms with Crippen LogP contribution in [0.25, 0.3) is 0 Å². The van der Waals surface area contributed by atoms with Crippen molar-refractivity contribution in [3.63, 3.8) is 0 Å². The molecule has 0 saturated carbocycles. The molecule has 1 aromatic rings. The Morgan fingerprint density at radius 2 is 2.28 bits per heavy atom. The van der Waals surface area contributed by atoms with Gasteiger partial charge >= 0.3 is 0 Å². The first-order valence-corrected chi connectivity index (χ1v) is 6.37. The lowest BCUT2D eigenvalue weighted by Gasteiger charge is -2.43. The third-order valence-electron chi connectivity index (χ3n) is 3.20. The van der Waals surface area contributed by atoms with Crippen LogP contribution < -0.4 is 10.6 Å². The largest absolute Gasteiger partial charge is 0.394 e. The van der Waals surface area contributed by atoms with E-state index in [-0.39, 0.29) is 18.3 Å². The number of aliphatic hydroxyl groups is 1. The molecule has 0 bridgehead atoms. The summed E-state index contributed by atoms with van der Waals surface area (Å²) in [5.41, 5.74) is 7.69. The van der Waals surface area contributed by atoms with E-state index in [2.05, 4.69) is 30.9 Å². The predicted molar refractivity (Wildman–Crippen MR) is 72.6 cm³/mol. The van der Waals surface area contributed by atoms with Crippen LogP contribution in [0.3, 0.4) is 0 Å². The van der Waals surface area contributed by atoms with Gasteiger partial charge in [-0.05, 0) is 31.5 Å². The number of nitrogens with zero attached hydrogens (tertiary/aromatic N) is 1. The number of anilines is 1. The molecule has 1 heterocycles. The van der Waals surface area contributed by atoms with Gasteiger partial charge in [0.15, 0.2) is 0 Å². The van der Waals surface area contributed by atoms with Gasteiger partial charge in [-0.15, -0.1) is 0 Å². The number of ether oxygens (including phenoxy) is 1. The lowest BCUT2D eigenvalue weighted by molar-refractivity contribution is -0.101. The van der Waals surface area contributed by atoms with E-state index in [0.717, 1.165) is 17.8 Å². The fourth-order valence-corrected chi connectivity index (χ4v) is 2.47. The Hall–Kier alpha value is -1.10. The minimum atomic E-state index is -0.246. The Kier molecular flexibility index (Phi) is 3.90. The molecule has 4 nitrogen and oxygen atoms in total. The molecular formula is C14H22N2O2. The van der Waals surface area contributed by atoms with Crippen molar-refractivity contribution in [2.45, 2.75) is 32.1 Å². The summed E-state index contributed by atoms with van der Waals surface area (Å²) >= 11 is 0. The highest BCUT2D eigenvalue weighted by molar-refractivity contribution is 5.49. The van der Waals surface area contributed by atoms with Gasteiger partial charge in [-0.1, -0.05) is 12.1 Å². The minimum absolute atomic E-state index is 0.0521. The van der Waals surface area contributed by atoms with E-state index in [0.29, 0.717) is 13.1 Å². The summed E-state index contributed by atoms with van der Waals surface area (Å²) in [5, 5.41) is 9.32. The topological polar surface area (TPSA) is 58.7 Å². The summed E-state index contributed by atoms with van der Waals surface area (Å²) < 4.78 is 5.81. The highest BCUT2D eigenvalue weighted by Crippen LogP contribution is 2.26. The maximum absolute atomic E-state index is 9.32. The number of morpholine rings is 1. The average Bonchev–Trinajstić information content (AvgIpc) is 2.37. The highest BCUT2D eigenvalue weighted by atomic mass is 16.5. The van der Waals surface area contributed by atoms with Crippen molar-refractivity contribution >= 4 is 5.69 Å². The predicted octanol–water partition coefficient (Wildman–Crippen LogP) is 1.12. The summed E-state index contributed by atoms with van der Waals surface area (Å²) in [7, 11) is 0. The summed E-state index contributed by atoms with van der Waals surface area (Å²) in [6.07, 6.45) is -0.129. The Bertz CT molecular complexity index is 407. The van der Waals surface area contributed by atoms with Gasteiger partial charge in [0.2, 0.25) is 0 Å². The molecule has 1 atom stereocenters. The molecule has 1 aliphatic rings. The van der Waals surface area contributed by atoms with E-state index in [4.69, 9.17) is 10.5 Å². The van der Waals surface area contributed by atoms with Gasteiger partial charge < -0.3 is 20.5 Å². The molecule has 2 rings (SSSR count). The van der Waals surface area contributed by atoms with Crippen molar-refractivity contribution in [1.82, 2.24) is 0 Å². The monoisotopic (exact) mass is 250 g/mol. The van der Waals surface area contributed by atoms with Crippen LogP contribution in [0.1, 0.15) is 19.4 Å². The van der Waals surface area contributed by atoms with Gasteiger partial charge in [0.25, 0.3) is 0 Å². The number of nitrogens with two attached hydrogens (primary N) is 1. The summed E-state index contributed by atoms with van der Waals surface area (Å²) in [6, 6.07) is 8.23. The molecule has 1 saturated heterocycles. The Balaban J connectivity index is 2.20. The second kappa shape index (κ2) is 5.26. The summed E-state index contributed by atoms with van der Waals surface area (Å²) in [4.78, 5) is 2.25. The molecular weight excluding hydrogens is 228 g/mol. The molecule has 0 radical (unpaired) electrons. The molecule has 0 aromatic heterocycles. The van der Waals surface area contributed by atoms with Crippen molar-refractivity contribution < 1.29 is 9.84 Å². The molecule has 0 aliphatic carbocycles. The number of hydrogen-bond donors (Lipinski definition) is 2. The van der Waals surface area contributed by atoms with Crippen molar-refractivity contribution in [2.75, 3.05) is 24.6 Å². The lowest BCUT2D eigenvalue weighted by atomic mass is 10.0. The van der Waals surface area contributed by atoms with Gasteiger partial charge in [0.05, 0.1) is 18.3 Å². The van der Waals surface area contributed by atoms with Crippen LogP contribution in [-0.2, 0) is 11.3 Å². The standard InChI is InChI=1S/C14H22N2O2/c1-14(2)10-16(8-13(9-17)18-14)12-5-3-4-11(6-12)7-15/h3-6,13,17H,7-10,15H2,1-2H3. The summed E-state index contributed by atoms with van der Waals surface area (Å²) in [6.45, 7) is 6.23. The van der Waals surface area contributed by atoms with Crippen LogP contribution in [0.2, 0.25) is 0 Å². The molecule has 1 unspecified atom stereocenters. The Morgan fingerprint density at radius 1 is 1.50 bits per heavy atom. The van der Waals surface area contributed by atoms with Gasteiger partial charge in [0.1, 0.15) is 0 Å². The third kappa shape index (κ3) is 3.02. The van der Waals surface area contributed by atoms with Crippen molar-refractivity contribution in [1.29, 1.82) is 0 Å². The maximum Gasteiger partial charge on any atom is 0.0988 e. The van der Waals surface area contributed by atoms with Crippen molar-refractivity contribution in [3.8, 4) is 0 Å². The fraction of sp³-hybridized carbons (Fsp3) is 0.571. The van der Waals surface area contributed by atoms with Crippen LogP contribution in [0.4, 0.5) is 5.69 Å². The molecule has 1 aromatic carbocycles. The van der Waals surface area contributed by atoms with E-state index in [1.807, 2.05) is 12.1 Å². The lowest BCUT2D eigenvalue weighted by Crippen LogP contribution is -2.54. The Morgan fingerprint density at radius 3 is 2.94 bits per heavy atom. The number of rotatable bonds is 3. The average molecular weight is 250 g/mol. The molecule has 0 amide bonds. The maximum atomic E-state index is 9.32. The van der Waals surface area contributed by atoms with Crippen LogP contribution in [0.5, 0.6) is 0 Å². The van der Waals surface area contributed by atoms with Gasteiger partial charge in [0, 0.05) is 25.3 Å². The Labute approximate surface area is 108 Å². The molecule has 1 fully saturated rings. The quantitative estimate of drug-likeness (QED) is 0.844. The molecule has 1 aliphatic heterocycles. The molecule has 4 heteroatoms. The highest BCUT2D eigenvalue weighted by Gasteiger charge is 2.33. The first-order valence-electron chi connectivity index (χ1n) is 6.37. The van der Waals surface area contributed by atoms with Crippen LogP contribution >= 0.6 is 0 Å². The fourth-order valence-electron chi connectivity index (χ4n) is 2.47. The van der Waals surface area contributed by atoms with Crippen molar-refractivity contribution in [2.24, 2.45) is 5.73 Å². The number of aliphatic hydroxyl groups excluding tert-OH is 1. The second-order valence-electron chi connectivity index (χ2n) is 5.44. The summed E-state index contributed by atoms with van der Waals surface area (Å²) in [5.74, 6) is 0. The van der Waals surface area contributed by atoms with Gasteiger partial charge in [-0.2, -0.15) is 0 Å². The molecule has 18 heavy (non-hydrogen) atoms.